The number of likely N-dealkylation sites (tertiary alicyclic amines) is 1. The summed E-state index contributed by atoms with van der Waals surface area (Å²) < 4.78 is 11.6. The Morgan fingerprint density at radius 2 is 1.85 bits per heavy atom. The number of rotatable bonds is 2. The van der Waals surface area contributed by atoms with Crippen molar-refractivity contribution in [3.05, 3.63) is 59.2 Å². The van der Waals surface area contributed by atoms with Crippen LogP contribution in [-0.2, 0) is 11.2 Å². The quantitative estimate of drug-likeness (QED) is 0.738. The average Bonchev–Trinajstić information content (AvgIpc) is 2.87. The lowest BCUT2D eigenvalue weighted by molar-refractivity contribution is -0.148. The van der Waals surface area contributed by atoms with E-state index in [1.54, 1.807) is 0 Å². The predicted octanol–water partition coefficient (Wildman–Crippen LogP) is 3.84. The van der Waals surface area contributed by atoms with Crippen molar-refractivity contribution in [1.29, 1.82) is 0 Å². The molecule has 1 N–H and O–H groups in total. The number of urea groups is 1. The van der Waals surface area contributed by atoms with Crippen LogP contribution < -0.4 is 14.8 Å². The average molecular weight is 462 g/mol. The maximum Gasteiger partial charge on any atom is 0.318 e. The van der Waals surface area contributed by atoms with Crippen molar-refractivity contribution in [2.45, 2.75) is 50.7 Å². The molecule has 4 aliphatic heterocycles. The number of nitrogens with zero attached hydrogens (tertiary/aromatic N) is 2. The third-order valence-electron chi connectivity index (χ3n) is 7.91. The number of ether oxygens (including phenoxy) is 2. The highest BCUT2D eigenvalue weighted by Crippen LogP contribution is 2.46. The fourth-order valence-corrected chi connectivity index (χ4v) is 6.18. The lowest BCUT2D eigenvalue weighted by Gasteiger charge is -2.51. The highest BCUT2D eigenvalue weighted by Gasteiger charge is 2.49. The zero-order valence-electron chi connectivity index (χ0n) is 19.5. The molecule has 4 heterocycles. The van der Waals surface area contributed by atoms with Gasteiger partial charge in [0.2, 0.25) is 5.91 Å². The van der Waals surface area contributed by atoms with Crippen molar-refractivity contribution in [2.24, 2.45) is 5.92 Å². The summed E-state index contributed by atoms with van der Waals surface area (Å²) in [6, 6.07) is 13.9. The van der Waals surface area contributed by atoms with Crippen LogP contribution >= 0.6 is 0 Å². The molecule has 6 rings (SSSR count). The van der Waals surface area contributed by atoms with Gasteiger partial charge in [0.15, 0.2) is 11.5 Å². The molecular formula is C27H31N3O4. The Bertz CT molecular complexity index is 1100. The third kappa shape index (κ3) is 3.58. The third-order valence-corrected chi connectivity index (χ3v) is 7.91. The molecule has 7 heteroatoms. The first kappa shape index (κ1) is 21.3. The summed E-state index contributed by atoms with van der Waals surface area (Å²) in [5, 5.41) is 3.17. The van der Waals surface area contributed by atoms with Crippen molar-refractivity contribution in [3.63, 3.8) is 0 Å². The van der Waals surface area contributed by atoms with Gasteiger partial charge in [-0.2, -0.15) is 0 Å². The van der Waals surface area contributed by atoms with Crippen LogP contribution in [0.15, 0.2) is 42.5 Å². The van der Waals surface area contributed by atoms with Crippen LogP contribution in [0.2, 0.25) is 0 Å². The second kappa shape index (κ2) is 8.53. The van der Waals surface area contributed by atoms with Crippen molar-refractivity contribution >= 4 is 11.9 Å². The molecule has 0 spiro atoms. The molecule has 4 atom stereocenters. The fourth-order valence-electron chi connectivity index (χ4n) is 6.18. The van der Waals surface area contributed by atoms with Gasteiger partial charge in [0.1, 0.15) is 13.2 Å². The molecule has 7 nitrogen and oxygen atoms in total. The molecule has 34 heavy (non-hydrogen) atoms. The molecule has 178 valence electrons. The summed E-state index contributed by atoms with van der Waals surface area (Å²) in [5.74, 6) is 1.63. The van der Waals surface area contributed by atoms with Gasteiger partial charge in [0.25, 0.3) is 0 Å². The zero-order chi connectivity index (χ0) is 23.2. The molecule has 0 aromatic heterocycles. The smallest absolute Gasteiger partial charge is 0.318 e. The van der Waals surface area contributed by atoms with E-state index in [9.17, 15) is 9.59 Å². The number of nitrogens with one attached hydrogen (secondary N) is 1. The maximum atomic E-state index is 13.6. The minimum absolute atomic E-state index is 0.0340. The van der Waals surface area contributed by atoms with Gasteiger partial charge >= 0.3 is 6.03 Å². The monoisotopic (exact) mass is 461 g/mol. The molecular weight excluding hydrogens is 430 g/mol. The number of hydrogen-bond donors (Lipinski definition) is 1. The summed E-state index contributed by atoms with van der Waals surface area (Å²) in [4.78, 5) is 31.0. The van der Waals surface area contributed by atoms with Crippen LogP contribution in [-0.4, -0.2) is 54.1 Å². The Kier molecular flexibility index (Phi) is 5.35. The number of amides is 3. The van der Waals surface area contributed by atoms with E-state index in [0.29, 0.717) is 19.8 Å². The first-order valence-electron chi connectivity index (χ1n) is 12.4. The molecule has 0 bridgehead atoms. The first-order chi connectivity index (χ1) is 16.6. The standard InChI is InChI=1S/C27H31N3O4/c1-17(18-6-3-2-4-7-18)28-27(32)30-10-5-8-20-22(30)16-23-21-15-25-24(33-12-13-34-25)14-19(21)9-11-29(23)26(20)31/h2-4,6-7,14-15,17,20,22-23H,5,8-13,16H2,1H3,(H,28,32)/t17-,20-,22-,23-/m1/s1. The minimum Gasteiger partial charge on any atom is -0.486 e. The molecule has 3 amide bonds. The molecule has 0 unspecified atom stereocenters. The molecule has 0 aliphatic carbocycles. The number of fused-ring (bicyclic) bond motifs is 5. The Hall–Kier alpha value is -3.22. The Balaban J connectivity index is 1.27. The van der Waals surface area contributed by atoms with Gasteiger partial charge in [-0.05, 0) is 61.4 Å². The normalized spacial score (nSPS) is 26.1. The second-order valence-electron chi connectivity index (χ2n) is 9.82. The van der Waals surface area contributed by atoms with Gasteiger partial charge in [-0.1, -0.05) is 30.3 Å². The van der Waals surface area contributed by atoms with Gasteiger partial charge in [-0.3, -0.25) is 4.79 Å². The molecule has 2 aromatic rings. The molecule has 2 saturated heterocycles. The summed E-state index contributed by atoms with van der Waals surface area (Å²) in [7, 11) is 0. The largest absolute Gasteiger partial charge is 0.486 e. The number of benzene rings is 2. The van der Waals surface area contributed by atoms with E-state index in [4.69, 9.17) is 9.47 Å². The Morgan fingerprint density at radius 1 is 1.09 bits per heavy atom. The van der Waals surface area contributed by atoms with Crippen LogP contribution in [0.5, 0.6) is 11.5 Å². The fraction of sp³-hybridized carbons (Fsp3) is 0.481. The molecule has 4 aliphatic rings. The van der Waals surface area contributed by atoms with E-state index in [1.807, 2.05) is 47.1 Å². The second-order valence-corrected chi connectivity index (χ2v) is 9.82. The van der Waals surface area contributed by atoms with Crippen LogP contribution in [0.25, 0.3) is 0 Å². The Morgan fingerprint density at radius 3 is 2.65 bits per heavy atom. The predicted molar refractivity (Wildman–Crippen MR) is 127 cm³/mol. The van der Waals surface area contributed by atoms with Crippen LogP contribution in [0.1, 0.15) is 55.0 Å². The number of carbonyl (C=O) groups is 2. The SMILES string of the molecule is C[C@@H](NC(=O)N1CCC[C@H]2C(=O)N3CCc4cc5c(cc4[C@H]3C[C@H]21)OCCO5)c1ccccc1. The van der Waals surface area contributed by atoms with Crippen molar-refractivity contribution in [1.82, 2.24) is 15.1 Å². The van der Waals surface area contributed by atoms with E-state index in [1.165, 1.54) is 5.56 Å². The lowest BCUT2D eigenvalue weighted by Crippen LogP contribution is -2.61. The molecule has 2 aromatic carbocycles. The van der Waals surface area contributed by atoms with E-state index >= 15 is 0 Å². The number of piperidine rings is 2. The molecule has 2 fully saturated rings. The zero-order valence-corrected chi connectivity index (χ0v) is 19.5. The van der Waals surface area contributed by atoms with Crippen molar-refractivity contribution in [2.75, 3.05) is 26.3 Å². The van der Waals surface area contributed by atoms with E-state index < -0.39 is 0 Å². The maximum absolute atomic E-state index is 13.6. The highest BCUT2D eigenvalue weighted by atomic mass is 16.6. The summed E-state index contributed by atoms with van der Waals surface area (Å²) in [5.41, 5.74) is 3.44. The van der Waals surface area contributed by atoms with E-state index in [0.717, 1.165) is 54.9 Å². The van der Waals surface area contributed by atoms with Crippen molar-refractivity contribution < 1.29 is 19.1 Å². The van der Waals surface area contributed by atoms with Crippen molar-refractivity contribution in [3.8, 4) is 11.5 Å². The Labute approximate surface area is 200 Å². The number of hydrogen-bond acceptors (Lipinski definition) is 4. The van der Waals surface area contributed by atoms with Crippen LogP contribution in [0, 0.1) is 5.92 Å². The number of carbonyl (C=O) groups excluding carboxylic acids is 2. The van der Waals surface area contributed by atoms with Gasteiger partial charge in [-0.15, -0.1) is 0 Å². The van der Waals surface area contributed by atoms with Gasteiger partial charge in [-0.25, -0.2) is 4.79 Å². The first-order valence-corrected chi connectivity index (χ1v) is 12.4. The summed E-state index contributed by atoms with van der Waals surface area (Å²) in [6.07, 6.45) is 3.28. The highest BCUT2D eigenvalue weighted by molar-refractivity contribution is 5.84. The summed E-state index contributed by atoms with van der Waals surface area (Å²) in [6.45, 7) is 4.51. The minimum atomic E-state index is -0.124. The summed E-state index contributed by atoms with van der Waals surface area (Å²) >= 11 is 0. The van der Waals surface area contributed by atoms with Crippen LogP contribution in [0.4, 0.5) is 4.79 Å². The van der Waals surface area contributed by atoms with Gasteiger partial charge < -0.3 is 24.6 Å². The van der Waals surface area contributed by atoms with Gasteiger partial charge in [0.05, 0.1) is 18.0 Å². The molecule has 0 radical (unpaired) electrons. The van der Waals surface area contributed by atoms with Crippen LogP contribution in [0.3, 0.4) is 0 Å². The molecule has 0 saturated carbocycles. The lowest BCUT2D eigenvalue weighted by atomic mass is 9.76. The van der Waals surface area contributed by atoms with E-state index in [2.05, 4.69) is 17.4 Å². The van der Waals surface area contributed by atoms with E-state index in [-0.39, 0.29) is 36.0 Å². The topological polar surface area (TPSA) is 71.1 Å². The van der Waals surface area contributed by atoms with Gasteiger partial charge in [0, 0.05) is 19.1 Å².